The minimum absolute atomic E-state index is 0.542. The third-order valence-electron chi connectivity index (χ3n) is 3.67. The molecule has 1 aromatic rings. The van der Waals surface area contributed by atoms with Gasteiger partial charge in [0.1, 0.15) is 16.8 Å². The highest BCUT2D eigenvalue weighted by Crippen LogP contribution is 2.21. The summed E-state index contributed by atoms with van der Waals surface area (Å²) in [6.07, 6.45) is 11.2. The molecule has 0 atom stereocenters. The molecule has 0 aliphatic heterocycles. The molecule has 0 radical (unpaired) electrons. The van der Waals surface area contributed by atoms with Crippen molar-refractivity contribution in [2.24, 2.45) is 0 Å². The fraction of sp³-hybridized carbons (Fsp3) is 0.733. The van der Waals surface area contributed by atoms with Crippen molar-refractivity contribution >= 4 is 17.4 Å². The van der Waals surface area contributed by atoms with Crippen molar-refractivity contribution in [3.05, 3.63) is 17.0 Å². The molecule has 1 aliphatic carbocycles. The van der Waals surface area contributed by atoms with Gasteiger partial charge < -0.3 is 5.32 Å². The second-order valence-corrected chi connectivity index (χ2v) is 5.82. The van der Waals surface area contributed by atoms with Crippen molar-refractivity contribution < 1.29 is 0 Å². The van der Waals surface area contributed by atoms with Crippen LogP contribution in [0.3, 0.4) is 0 Å². The number of rotatable bonds is 4. The Bertz CT molecular complexity index is 387. The molecule has 1 saturated carbocycles. The largest absolute Gasteiger partial charge is 0.367 e. The Labute approximate surface area is 121 Å². The van der Waals surface area contributed by atoms with Gasteiger partial charge >= 0.3 is 0 Å². The van der Waals surface area contributed by atoms with Gasteiger partial charge in [-0.15, -0.1) is 0 Å². The second kappa shape index (κ2) is 7.68. The van der Waals surface area contributed by atoms with Gasteiger partial charge in [0.2, 0.25) is 0 Å². The van der Waals surface area contributed by atoms with E-state index in [1.165, 1.54) is 44.9 Å². The Balaban J connectivity index is 1.99. The lowest BCUT2D eigenvalue weighted by Crippen LogP contribution is -2.21. The monoisotopic (exact) mass is 281 g/mol. The maximum atomic E-state index is 6.07. The minimum Gasteiger partial charge on any atom is -0.367 e. The summed E-state index contributed by atoms with van der Waals surface area (Å²) in [7, 11) is 0. The van der Waals surface area contributed by atoms with Crippen LogP contribution in [0, 0.1) is 0 Å². The average molecular weight is 282 g/mol. The fourth-order valence-corrected chi connectivity index (χ4v) is 2.88. The van der Waals surface area contributed by atoms with E-state index >= 15 is 0 Å². The van der Waals surface area contributed by atoms with Gasteiger partial charge in [0.05, 0.1) is 0 Å². The molecule has 0 amide bonds. The number of anilines is 1. The van der Waals surface area contributed by atoms with Crippen molar-refractivity contribution in [2.75, 3.05) is 5.32 Å². The standard InChI is InChI=1S/C15H24ClN3/c1-2-8-14-18-13(16)11-15(19-14)17-12-9-6-4-3-5-7-10-12/h11-12H,2-10H2,1H3,(H,17,18,19). The zero-order chi connectivity index (χ0) is 13.5. The van der Waals surface area contributed by atoms with Gasteiger partial charge in [-0.05, 0) is 19.3 Å². The molecule has 1 heterocycles. The van der Waals surface area contributed by atoms with Gasteiger partial charge in [-0.25, -0.2) is 9.97 Å². The number of nitrogens with zero attached hydrogens (tertiary/aromatic N) is 2. The predicted octanol–water partition coefficient (Wildman–Crippen LogP) is 4.61. The van der Waals surface area contributed by atoms with E-state index in [1.54, 1.807) is 0 Å². The second-order valence-electron chi connectivity index (χ2n) is 5.43. The van der Waals surface area contributed by atoms with Crippen molar-refractivity contribution in [1.82, 2.24) is 9.97 Å². The molecule has 0 spiro atoms. The molecule has 1 aromatic heterocycles. The zero-order valence-electron chi connectivity index (χ0n) is 11.8. The topological polar surface area (TPSA) is 37.8 Å². The van der Waals surface area contributed by atoms with Crippen LogP contribution in [0.25, 0.3) is 0 Å². The lowest BCUT2D eigenvalue weighted by molar-refractivity contribution is 0.470. The highest BCUT2D eigenvalue weighted by molar-refractivity contribution is 6.29. The van der Waals surface area contributed by atoms with Crippen LogP contribution in [0.5, 0.6) is 0 Å². The van der Waals surface area contributed by atoms with E-state index < -0.39 is 0 Å². The maximum Gasteiger partial charge on any atom is 0.134 e. The highest BCUT2D eigenvalue weighted by atomic mass is 35.5. The van der Waals surface area contributed by atoms with Crippen LogP contribution in [0.4, 0.5) is 5.82 Å². The first kappa shape index (κ1) is 14.6. The van der Waals surface area contributed by atoms with Gasteiger partial charge in [-0.3, -0.25) is 0 Å². The summed E-state index contributed by atoms with van der Waals surface area (Å²) in [6.45, 7) is 2.13. The van der Waals surface area contributed by atoms with Crippen LogP contribution in [-0.4, -0.2) is 16.0 Å². The lowest BCUT2D eigenvalue weighted by atomic mass is 9.97. The fourth-order valence-electron chi connectivity index (χ4n) is 2.68. The van der Waals surface area contributed by atoms with E-state index in [0.29, 0.717) is 11.2 Å². The van der Waals surface area contributed by atoms with Crippen molar-refractivity contribution in [3.8, 4) is 0 Å². The van der Waals surface area contributed by atoms with Gasteiger partial charge in [-0.1, -0.05) is 50.6 Å². The minimum atomic E-state index is 0.542. The van der Waals surface area contributed by atoms with Gasteiger partial charge in [0.25, 0.3) is 0 Å². The predicted molar refractivity (Wildman–Crippen MR) is 80.8 cm³/mol. The third kappa shape index (κ3) is 4.98. The van der Waals surface area contributed by atoms with Crippen LogP contribution in [-0.2, 0) is 6.42 Å². The summed E-state index contributed by atoms with van der Waals surface area (Å²) in [4.78, 5) is 8.83. The molecule has 0 unspecified atom stereocenters. The Morgan fingerprint density at radius 2 is 1.84 bits per heavy atom. The van der Waals surface area contributed by atoms with Crippen LogP contribution >= 0.6 is 11.6 Å². The summed E-state index contributed by atoms with van der Waals surface area (Å²) >= 11 is 6.07. The maximum absolute atomic E-state index is 6.07. The average Bonchev–Trinajstić information content (AvgIpc) is 2.32. The molecule has 0 saturated heterocycles. The number of halogens is 1. The van der Waals surface area contributed by atoms with Crippen LogP contribution < -0.4 is 5.32 Å². The van der Waals surface area contributed by atoms with Gasteiger partial charge in [0.15, 0.2) is 0 Å². The van der Waals surface area contributed by atoms with E-state index in [4.69, 9.17) is 11.6 Å². The Morgan fingerprint density at radius 3 is 2.53 bits per heavy atom. The molecule has 1 aliphatic rings. The molecule has 3 nitrogen and oxygen atoms in total. The quantitative estimate of drug-likeness (QED) is 0.819. The highest BCUT2D eigenvalue weighted by Gasteiger charge is 2.12. The first-order valence-electron chi connectivity index (χ1n) is 7.58. The third-order valence-corrected chi connectivity index (χ3v) is 3.87. The smallest absolute Gasteiger partial charge is 0.134 e. The Hall–Kier alpha value is -0.830. The SMILES string of the molecule is CCCc1nc(Cl)cc(NC2CCCCCCC2)n1. The van der Waals surface area contributed by atoms with Gasteiger partial charge in [0, 0.05) is 18.5 Å². The number of aryl methyl sites for hydroxylation is 1. The molecule has 19 heavy (non-hydrogen) atoms. The number of hydrogen-bond donors (Lipinski definition) is 1. The van der Waals surface area contributed by atoms with Crippen LogP contribution in [0.2, 0.25) is 5.15 Å². The van der Waals surface area contributed by atoms with E-state index in [0.717, 1.165) is 24.5 Å². The molecule has 4 heteroatoms. The zero-order valence-corrected chi connectivity index (χ0v) is 12.5. The number of aromatic nitrogens is 2. The number of hydrogen-bond acceptors (Lipinski definition) is 3. The lowest BCUT2D eigenvalue weighted by Gasteiger charge is -2.21. The summed E-state index contributed by atoms with van der Waals surface area (Å²) in [5, 5.41) is 4.10. The summed E-state index contributed by atoms with van der Waals surface area (Å²) < 4.78 is 0. The molecular formula is C15H24ClN3. The number of nitrogens with one attached hydrogen (secondary N) is 1. The van der Waals surface area contributed by atoms with E-state index in [-0.39, 0.29) is 0 Å². The van der Waals surface area contributed by atoms with E-state index in [9.17, 15) is 0 Å². The molecular weight excluding hydrogens is 258 g/mol. The molecule has 1 N–H and O–H groups in total. The summed E-state index contributed by atoms with van der Waals surface area (Å²) in [5.41, 5.74) is 0. The molecule has 106 valence electrons. The molecule has 0 bridgehead atoms. The summed E-state index contributed by atoms with van der Waals surface area (Å²) in [6, 6.07) is 2.39. The molecule has 0 aromatic carbocycles. The first-order chi connectivity index (χ1) is 9.28. The molecule has 1 fully saturated rings. The van der Waals surface area contributed by atoms with Crippen molar-refractivity contribution in [3.63, 3.8) is 0 Å². The van der Waals surface area contributed by atoms with Crippen LogP contribution in [0.1, 0.15) is 64.1 Å². The molecule has 2 rings (SSSR count). The Kier molecular flexibility index (Phi) is 5.90. The van der Waals surface area contributed by atoms with E-state index in [1.807, 2.05) is 6.07 Å². The van der Waals surface area contributed by atoms with E-state index in [2.05, 4.69) is 22.2 Å². The van der Waals surface area contributed by atoms with Gasteiger partial charge in [-0.2, -0.15) is 0 Å². The summed E-state index contributed by atoms with van der Waals surface area (Å²) in [5.74, 6) is 1.75. The Morgan fingerprint density at radius 1 is 1.16 bits per heavy atom. The van der Waals surface area contributed by atoms with Crippen molar-refractivity contribution in [1.29, 1.82) is 0 Å². The first-order valence-corrected chi connectivity index (χ1v) is 7.95. The van der Waals surface area contributed by atoms with Crippen molar-refractivity contribution in [2.45, 2.75) is 70.8 Å². The normalized spacial score (nSPS) is 17.8. The van der Waals surface area contributed by atoms with Crippen LogP contribution in [0.15, 0.2) is 6.07 Å².